The molecule has 2 N–H and O–H groups in total. The summed E-state index contributed by atoms with van der Waals surface area (Å²) in [4.78, 5) is 11.8. The Hall–Kier alpha value is -1.41. The lowest BCUT2D eigenvalue weighted by atomic mass is 9.96. The second kappa shape index (κ2) is 5.66. The van der Waals surface area contributed by atoms with E-state index in [-0.39, 0.29) is 17.2 Å². The van der Waals surface area contributed by atoms with Crippen molar-refractivity contribution in [2.45, 2.75) is 23.2 Å². The summed E-state index contributed by atoms with van der Waals surface area (Å²) in [7, 11) is -3.81. The maximum absolute atomic E-state index is 12.8. The van der Waals surface area contributed by atoms with Crippen LogP contribution in [0, 0.1) is 0 Å². The molecule has 0 radical (unpaired) electrons. The molecule has 0 saturated carbocycles. The molecule has 1 aliphatic rings. The number of primary amides is 1. The van der Waals surface area contributed by atoms with Crippen LogP contribution in [0.4, 0.5) is 0 Å². The fourth-order valence-corrected chi connectivity index (χ4v) is 5.73. The maximum atomic E-state index is 12.8. The van der Waals surface area contributed by atoms with E-state index in [1.165, 1.54) is 16.4 Å². The van der Waals surface area contributed by atoms with Crippen molar-refractivity contribution in [1.29, 1.82) is 0 Å². The van der Waals surface area contributed by atoms with Gasteiger partial charge in [0.2, 0.25) is 5.91 Å². The molecular weight excluding hydrogens is 344 g/mol. The van der Waals surface area contributed by atoms with Crippen LogP contribution in [0.15, 0.2) is 40.6 Å². The topological polar surface area (TPSA) is 80.5 Å². The van der Waals surface area contributed by atoms with Gasteiger partial charge in [0, 0.05) is 6.54 Å². The number of benzene rings is 1. The summed E-state index contributed by atoms with van der Waals surface area (Å²) in [6.07, 6.45) is 0.282. The summed E-state index contributed by atoms with van der Waals surface area (Å²) in [5, 5.41) is 0. The molecule has 22 heavy (non-hydrogen) atoms. The molecule has 0 fully saturated rings. The Kier molecular flexibility index (Phi) is 3.98. The number of nitrogens with zero attached hydrogens (tertiary/aromatic N) is 1. The molecule has 2 aromatic rings. The van der Waals surface area contributed by atoms with E-state index < -0.39 is 22.0 Å². The molecule has 0 unspecified atom stereocenters. The Balaban J connectivity index is 2.06. The first kappa shape index (κ1) is 15.5. The molecule has 0 bridgehead atoms. The highest BCUT2D eigenvalue weighted by atomic mass is 35.5. The third-order valence-corrected chi connectivity index (χ3v) is 7.20. The van der Waals surface area contributed by atoms with E-state index in [4.69, 9.17) is 17.3 Å². The van der Waals surface area contributed by atoms with E-state index in [2.05, 4.69) is 0 Å². The highest BCUT2D eigenvalue weighted by molar-refractivity contribution is 7.91. The van der Waals surface area contributed by atoms with Gasteiger partial charge in [-0.15, -0.1) is 11.3 Å². The average Bonchev–Trinajstić information content (AvgIpc) is 2.93. The predicted molar refractivity (Wildman–Crippen MR) is 85.2 cm³/mol. The maximum Gasteiger partial charge on any atom is 0.253 e. The molecule has 1 amide bonds. The molecule has 0 saturated heterocycles. The normalized spacial score (nSPS) is 18.9. The molecular formula is C14H13ClN2O3S2. The number of rotatable bonds is 3. The third-order valence-electron chi connectivity index (χ3n) is 3.65. The van der Waals surface area contributed by atoms with Gasteiger partial charge < -0.3 is 5.73 Å². The molecule has 1 aromatic carbocycles. The van der Waals surface area contributed by atoms with Crippen LogP contribution in [-0.4, -0.2) is 24.7 Å². The smallest absolute Gasteiger partial charge is 0.253 e. The van der Waals surface area contributed by atoms with Gasteiger partial charge >= 0.3 is 0 Å². The van der Waals surface area contributed by atoms with Gasteiger partial charge in [0.15, 0.2) is 0 Å². The van der Waals surface area contributed by atoms with Crippen LogP contribution in [-0.2, 0) is 27.8 Å². The standard InChI is InChI=1S/C14H13ClN2O3S2/c15-12-5-6-13(21-12)22(19,20)17-8-10-4-2-1-3-9(10)7-11(17)14(16)18/h1-6,11H,7-8H2,(H2,16,18)/t11-/m0/s1. The first-order valence-corrected chi connectivity index (χ1v) is 9.16. The van der Waals surface area contributed by atoms with Crippen LogP contribution in [0.3, 0.4) is 0 Å². The molecule has 8 heteroatoms. The quantitative estimate of drug-likeness (QED) is 0.913. The zero-order valence-corrected chi connectivity index (χ0v) is 13.8. The molecule has 5 nitrogen and oxygen atoms in total. The first-order valence-electron chi connectivity index (χ1n) is 6.53. The molecule has 0 aliphatic carbocycles. The van der Waals surface area contributed by atoms with Crippen LogP contribution in [0.1, 0.15) is 11.1 Å². The van der Waals surface area contributed by atoms with Crippen molar-refractivity contribution < 1.29 is 13.2 Å². The van der Waals surface area contributed by atoms with Crippen molar-refractivity contribution in [3.05, 3.63) is 51.9 Å². The van der Waals surface area contributed by atoms with Crippen LogP contribution in [0.5, 0.6) is 0 Å². The van der Waals surface area contributed by atoms with Crippen molar-refractivity contribution >= 4 is 38.9 Å². The number of hydrogen-bond donors (Lipinski definition) is 1. The van der Waals surface area contributed by atoms with E-state index in [0.717, 1.165) is 22.5 Å². The lowest BCUT2D eigenvalue weighted by Crippen LogP contribution is -2.50. The molecule has 1 aliphatic heterocycles. The molecule has 1 atom stereocenters. The first-order chi connectivity index (χ1) is 10.4. The lowest BCUT2D eigenvalue weighted by molar-refractivity contribution is -0.122. The van der Waals surface area contributed by atoms with Gasteiger partial charge in [0.25, 0.3) is 10.0 Å². The molecule has 1 aromatic heterocycles. The lowest BCUT2D eigenvalue weighted by Gasteiger charge is -2.33. The minimum absolute atomic E-state index is 0.114. The van der Waals surface area contributed by atoms with Gasteiger partial charge in [-0.25, -0.2) is 8.42 Å². The van der Waals surface area contributed by atoms with Crippen molar-refractivity contribution in [3.63, 3.8) is 0 Å². The number of carbonyl (C=O) groups excluding carboxylic acids is 1. The van der Waals surface area contributed by atoms with Crippen molar-refractivity contribution in [3.8, 4) is 0 Å². The fraction of sp³-hybridized carbons (Fsp3) is 0.214. The van der Waals surface area contributed by atoms with Gasteiger partial charge in [-0.1, -0.05) is 35.9 Å². The number of thiophene rings is 1. The number of carbonyl (C=O) groups is 1. The summed E-state index contributed by atoms with van der Waals surface area (Å²) < 4.78 is 27.3. The highest BCUT2D eigenvalue weighted by Gasteiger charge is 2.39. The second-order valence-corrected chi connectivity index (χ2v) is 8.83. The molecule has 0 spiro atoms. The Labute approximate surface area is 137 Å². The third kappa shape index (κ3) is 2.65. The zero-order valence-electron chi connectivity index (χ0n) is 11.4. The fourth-order valence-electron chi connectivity index (χ4n) is 2.55. The zero-order chi connectivity index (χ0) is 15.9. The van der Waals surface area contributed by atoms with Gasteiger partial charge in [-0.3, -0.25) is 4.79 Å². The number of fused-ring (bicyclic) bond motifs is 1. The van der Waals surface area contributed by atoms with Crippen molar-refractivity contribution in [1.82, 2.24) is 4.31 Å². The van der Waals surface area contributed by atoms with Crippen LogP contribution in [0.25, 0.3) is 0 Å². The van der Waals surface area contributed by atoms with Crippen molar-refractivity contribution in [2.24, 2.45) is 5.73 Å². The molecule has 116 valence electrons. The summed E-state index contributed by atoms with van der Waals surface area (Å²) in [5.74, 6) is -0.652. The summed E-state index contributed by atoms with van der Waals surface area (Å²) in [5.41, 5.74) is 7.25. The molecule has 2 heterocycles. The van der Waals surface area contributed by atoms with E-state index in [0.29, 0.717) is 4.34 Å². The van der Waals surface area contributed by atoms with Gasteiger partial charge in [-0.05, 0) is 29.7 Å². The average molecular weight is 357 g/mol. The van der Waals surface area contributed by atoms with Gasteiger partial charge in [0.05, 0.1) is 4.34 Å². The van der Waals surface area contributed by atoms with Crippen LogP contribution in [0.2, 0.25) is 4.34 Å². The largest absolute Gasteiger partial charge is 0.368 e. The minimum atomic E-state index is -3.81. The number of halogens is 1. The Morgan fingerprint density at radius 1 is 1.23 bits per heavy atom. The van der Waals surface area contributed by atoms with E-state index in [1.807, 2.05) is 24.3 Å². The Bertz CT molecular complexity index is 832. The van der Waals surface area contributed by atoms with Gasteiger partial charge in [-0.2, -0.15) is 4.31 Å². The van der Waals surface area contributed by atoms with Crippen molar-refractivity contribution in [2.75, 3.05) is 0 Å². The molecule has 3 rings (SSSR count). The van der Waals surface area contributed by atoms with Crippen LogP contribution >= 0.6 is 22.9 Å². The second-order valence-electron chi connectivity index (χ2n) is 5.00. The highest BCUT2D eigenvalue weighted by Crippen LogP contribution is 2.33. The van der Waals surface area contributed by atoms with E-state index in [9.17, 15) is 13.2 Å². The predicted octanol–water partition coefficient (Wildman–Crippen LogP) is 2.00. The monoisotopic (exact) mass is 356 g/mol. The Morgan fingerprint density at radius 2 is 1.91 bits per heavy atom. The number of amides is 1. The summed E-state index contributed by atoms with van der Waals surface area (Å²) in [6.45, 7) is 0.127. The number of nitrogens with two attached hydrogens (primary N) is 1. The Morgan fingerprint density at radius 3 is 2.50 bits per heavy atom. The van der Waals surface area contributed by atoms with Gasteiger partial charge in [0.1, 0.15) is 10.3 Å². The SMILES string of the molecule is NC(=O)[C@@H]1Cc2ccccc2CN1S(=O)(=O)c1ccc(Cl)s1. The van der Waals surface area contributed by atoms with E-state index >= 15 is 0 Å². The minimum Gasteiger partial charge on any atom is -0.368 e. The summed E-state index contributed by atoms with van der Waals surface area (Å²) >= 11 is 6.80. The number of hydrogen-bond acceptors (Lipinski definition) is 4. The van der Waals surface area contributed by atoms with Crippen LogP contribution < -0.4 is 5.73 Å². The summed E-state index contributed by atoms with van der Waals surface area (Å²) in [6, 6.07) is 9.53. The number of sulfonamides is 1. The van der Waals surface area contributed by atoms with E-state index in [1.54, 1.807) is 0 Å².